The molecule has 0 bridgehead atoms. The zero-order valence-corrected chi connectivity index (χ0v) is 21.4. The number of halogens is 3. The number of amides is 1. The maximum Gasteiger partial charge on any atom is 0.419 e. The van der Waals surface area contributed by atoms with Gasteiger partial charge in [-0.2, -0.15) is 13.2 Å². The van der Waals surface area contributed by atoms with Gasteiger partial charge >= 0.3 is 18.2 Å². The molecule has 206 valence electrons. The number of esters is 1. The Bertz CT molecular complexity index is 1310. The quantitative estimate of drug-likeness (QED) is 0.357. The molecule has 1 saturated heterocycles. The number of nitrogens with one attached hydrogen (secondary N) is 1. The average Bonchev–Trinajstić information content (AvgIpc) is 2.92. The summed E-state index contributed by atoms with van der Waals surface area (Å²) < 4.78 is 45.9. The van der Waals surface area contributed by atoms with E-state index in [2.05, 4.69) is 15.3 Å². The van der Waals surface area contributed by atoms with E-state index in [0.717, 1.165) is 30.2 Å². The molecule has 0 atom stereocenters. The molecule has 2 aromatic carbocycles. The zero-order valence-electron chi connectivity index (χ0n) is 21.4. The third-order valence-corrected chi connectivity index (χ3v) is 6.89. The number of hydrogen-bond donors (Lipinski definition) is 2. The molecule has 0 unspecified atom stereocenters. The fourth-order valence-corrected chi connectivity index (χ4v) is 4.73. The molecule has 0 spiro atoms. The van der Waals surface area contributed by atoms with Crippen molar-refractivity contribution < 1.29 is 32.6 Å². The van der Waals surface area contributed by atoms with E-state index in [1.165, 1.54) is 12.0 Å². The highest BCUT2D eigenvalue weighted by Gasteiger charge is 2.35. The molecule has 11 heteroatoms. The SMILES string of the molecule is COC(=O)Cc1ccccc1CCc1nc(Nc2ccc(C3CCN(C(=O)O)CC3)cc2)ncc1C(F)(F)F. The lowest BCUT2D eigenvalue weighted by molar-refractivity contribution is -0.140. The van der Waals surface area contributed by atoms with Crippen molar-refractivity contribution in [3.63, 3.8) is 0 Å². The van der Waals surface area contributed by atoms with Gasteiger partial charge in [-0.1, -0.05) is 36.4 Å². The van der Waals surface area contributed by atoms with Crippen LogP contribution in [0.15, 0.2) is 54.7 Å². The Morgan fingerprint density at radius 3 is 2.33 bits per heavy atom. The molecule has 1 aliphatic rings. The van der Waals surface area contributed by atoms with Gasteiger partial charge in [0.15, 0.2) is 0 Å². The molecule has 1 aliphatic heterocycles. The highest BCUT2D eigenvalue weighted by molar-refractivity contribution is 5.72. The third-order valence-electron chi connectivity index (χ3n) is 6.89. The number of hydrogen-bond acceptors (Lipinski definition) is 6. The van der Waals surface area contributed by atoms with Crippen LogP contribution in [-0.4, -0.2) is 52.2 Å². The van der Waals surface area contributed by atoms with Crippen molar-refractivity contribution in [3.8, 4) is 0 Å². The highest BCUT2D eigenvalue weighted by Crippen LogP contribution is 2.33. The molecule has 1 fully saturated rings. The molecular weight excluding hydrogens is 513 g/mol. The molecule has 0 aliphatic carbocycles. The zero-order chi connectivity index (χ0) is 28.0. The first-order valence-corrected chi connectivity index (χ1v) is 12.6. The van der Waals surface area contributed by atoms with E-state index in [0.29, 0.717) is 24.3 Å². The number of likely N-dealkylation sites (tertiary alicyclic amines) is 1. The van der Waals surface area contributed by atoms with Crippen molar-refractivity contribution in [1.82, 2.24) is 14.9 Å². The molecule has 1 amide bonds. The van der Waals surface area contributed by atoms with Crippen LogP contribution in [0.1, 0.15) is 46.7 Å². The fraction of sp³-hybridized carbons (Fsp3) is 0.357. The molecule has 4 rings (SSSR count). The lowest BCUT2D eigenvalue weighted by Crippen LogP contribution is -2.36. The number of methoxy groups -OCH3 is 1. The number of aromatic nitrogens is 2. The van der Waals surface area contributed by atoms with Crippen LogP contribution in [0.5, 0.6) is 0 Å². The van der Waals surface area contributed by atoms with Crippen LogP contribution in [0.4, 0.5) is 29.6 Å². The van der Waals surface area contributed by atoms with Gasteiger partial charge in [-0.25, -0.2) is 14.8 Å². The maximum atomic E-state index is 13.7. The van der Waals surface area contributed by atoms with E-state index < -0.39 is 23.8 Å². The Labute approximate surface area is 223 Å². The first kappa shape index (κ1) is 27.9. The van der Waals surface area contributed by atoms with Crippen LogP contribution in [0.25, 0.3) is 0 Å². The minimum Gasteiger partial charge on any atom is -0.469 e. The van der Waals surface area contributed by atoms with Crippen LogP contribution in [-0.2, 0) is 35.0 Å². The largest absolute Gasteiger partial charge is 0.469 e. The first-order chi connectivity index (χ1) is 18.6. The minimum absolute atomic E-state index is 0.00178. The van der Waals surface area contributed by atoms with Gasteiger partial charge in [-0.05, 0) is 60.4 Å². The Morgan fingerprint density at radius 1 is 1.05 bits per heavy atom. The molecule has 0 saturated carbocycles. The summed E-state index contributed by atoms with van der Waals surface area (Å²) in [6.45, 7) is 0.963. The number of piperidine rings is 1. The lowest BCUT2D eigenvalue weighted by Gasteiger charge is -2.30. The maximum absolute atomic E-state index is 13.7. The molecule has 3 aromatic rings. The Morgan fingerprint density at radius 2 is 1.72 bits per heavy atom. The summed E-state index contributed by atoms with van der Waals surface area (Å²) in [4.78, 5) is 32.4. The summed E-state index contributed by atoms with van der Waals surface area (Å²) in [7, 11) is 1.29. The fourth-order valence-electron chi connectivity index (χ4n) is 4.73. The highest BCUT2D eigenvalue weighted by atomic mass is 19.4. The van der Waals surface area contributed by atoms with Gasteiger partial charge in [0.05, 0.1) is 24.8 Å². The Hall–Kier alpha value is -4.15. The van der Waals surface area contributed by atoms with E-state index in [4.69, 9.17) is 9.84 Å². The average molecular weight is 543 g/mol. The van der Waals surface area contributed by atoms with Crippen molar-refractivity contribution in [2.75, 3.05) is 25.5 Å². The van der Waals surface area contributed by atoms with Crippen LogP contribution in [0.2, 0.25) is 0 Å². The van der Waals surface area contributed by atoms with Crippen molar-refractivity contribution in [2.45, 2.75) is 44.2 Å². The topological polar surface area (TPSA) is 105 Å². The number of benzene rings is 2. The Balaban J connectivity index is 1.47. The predicted octanol–water partition coefficient (Wildman–Crippen LogP) is 5.60. The molecule has 39 heavy (non-hydrogen) atoms. The number of rotatable bonds is 8. The number of anilines is 2. The molecule has 2 N–H and O–H groups in total. The minimum atomic E-state index is -4.61. The van der Waals surface area contributed by atoms with E-state index in [-0.39, 0.29) is 36.8 Å². The van der Waals surface area contributed by atoms with E-state index >= 15 is 0 Å². The summed E-state index contributed by atoms with van der Waals surface area (Å²) >= 11 is 0. The van der Waals surface area contributed by atoms with Crippen molar-refractivity contribution in [1.29, 1.82) is 0 Å². The number of carbonyl (C=O) groups is 2. The van der Waals surface area contributed by atoms with Gasteiger partial charge < -0.3 is 20.1 Å². The monoisotopic (exact) mass is 542 g/mol. The van der Waals surface area contributed by atoms with Crippen molar-refractivity contribution in [3.05, 3.63) is 82.7 Å². The van der Waals surface area contributed by atoms with Gasteiger partial charge in [-0.3, -0.25) is 4.79 Å². The van der Waals surface area contributed by atoms with Crippen LogP contribution >= 0.6 is 0 Å². The molecule has 1 aromatic heterocycles. The molecule has 8 nitrogen and oxygen atoms in total. The second kappa shape index (κ2) is 12.1. The van der Waals surface area contributed by atoms with Crippen LogP contribution < -0.4 is 5.32 Å². The van der Waals surface area contributed by atoms with E-state index in [1.807, 2.05) is 24.3 Å². The number of nitrogens with zero attached hydrogens (tertiary/aromatic N) is 3. The van der Waals surface area contributed by atoms with Crippen LogP contribution in [0, 0.1) is 0 Å². The third kappa shape index (κ3) is 7.24. The summed E-state index contributed by atoms with van der Waals surface area (Å²) in [5, 5.41) is 12.1. The molecular formula is C28H29F3N4O4. The van der Waals surface area contributed by atoms with Crippen molar-refractivity contribution in [2.24, 2.45) is 0 Å². The number of carboxylic acid groups (broad SMARTS) is 1. The van der Waals surface area contributed by atoms with Crippen molar-refractivity contribution >= 4 is 23.7 Å². The summed E-state index contributed by atoms with van der Waals surface area (Å²) in [6.07, 6.45) is -2.99. The summed E-state index contributed by atoms with van der Waals surface area (Å²) in [5.74, 6) is -0.141. The normalized spacial score (nSPS) is 14.2. The summed E-state index contributed by atoms with van der Waals surface area (Å²) in [6, 6.07) is 14.5. The number of alkyl halides is 3. The number of carbonyl (C=O) groups excluding carboxylic acids is 1. The number of ether oxygens (including phenoxy) is 1. The van der Waals surface area contributed by atoms with Crippen LogP contribution in [0.3, 0.4) is 0 Å². The predicted molar refractivity (Wildman–Crippen MR) is 138 cm³/mol. The van der Waals surface area contributed by atoms with Gasteiger partial charge in [0.1, 0.15) is 0 Å². The lowest BCUT2D eigenvalue weighted by atomic mass is 9.89. The van der Waals surface area contributed by atoms with E-state index in [9.17, 15) is 22.8 Å². The second-order valence-electron chi connectivity index (χ2n) is 9.36. The molecule has 0 radical (unpaired) electrons. The smallest absolute Gasteiger partial charge is 0.419 e. The standard InChI is InChI=1S/C28H29F3N4O4/c1-39-25(36)16-21-5-3-2-4-18(21)8-11-24-23(28(29,30)31)17-32-26(34-24)33-22-9-6-19(7-10-22)20-12-14-35(15-13-20)27(37)38/h2-7,9-10,17,20H,8,11-16H2,1H3,(H,37,38)(H,32,33,34). The first-order valence-electron chi connectivity index (χ1n) is 12.6. The second-order valence-corrected chi connectivity index (χ2v) is 9.36. The van der Waals surface area contributed by atoms with Gasteiger partial charge in [0.2, 0.25) is 5.95 Å². The summed E-state index contributed by atoms with van der Waals surface area (Å²) in [5.41, 5.74) is 2.09. The van der Waals surface area contributed by atoms with E-state index in [1.54, 1.807) is 24.3 Å². The van der Waals surface area contributed by atoms with Gasteiger partial charge in [0, 0.05) is 25.0 Å². The van der Waals surface area contributed by atoms with Gasteiger partial charge in [0.25, 0.3) is 0 Å². The molecule has 2 heterocycles. The number of aryl methyl sites for hydroxylation is 2. The Kier molecular flexibility index (Phi) is 8.68. The van der Waals surface area contributed by atoms with Gasteiger partial charge in [-0.15, -0.1) is 0 Å².